The number of aromatic nitrogens is 3. The van der Waals surface area contributed by atoms with E-state index in [9.17, 15) is 19.7 Å². The number of rotatable bonds is 6. The molecule has 0 unspecified atom stereocenters. The van der Waals surface area contributed by atoms with Crippen molar-refractivity contribution in [2.45, 2.75) is 13.5 Å². The third-order valence-electron chi connectivity index (χ3n) is 6.46. The predicted octanol–water partition coefficient (Wildman–Crippen LogP) is 2.93. The molecule has 0 aliphatic carbocycles. The highest BCUT2D eigenvalue weighted by molar-refractivity contribution is 5.95. The maximum atomic E-state index is 12.8. The standard InChI is InChI=1S/C26H25N7O4/c1-18(34)30-10-12-31(13-11-30)23-8-7-20(14-24(23)33(36)37)26(35)28-16-19-6-9-25(27-15-19)32-17-29-21-4-2-3-5-22(21)32/h2-9,14-15,17H,10-13,16H2,1H3,(H,28,35). The lowest BCUT2D eigenvalue weighted by atomic mass is 10.1. The Labute approximate surface area is 212 Å². The molecule has 2 aromatic heterocycles. The predicted molar refractivity (Wildman–Crippen MR) is 138 cm³/mol. The fourth-order valence-corrected chi connectivity index (χ4v) is 4.43. The topological polar surface area (TPSA) is 126 Å². The van der Waals surface area contributed by atoms with Crippen LogP contribution in [0.15, 0.2) is 67.1 Å². The van der Waals surface area contributed by atoms with Gasteiger partial charge in [-0.25, -0.2) is 9.97 Å². The van der Waals surface area contributed by atoms with Gasteiger partial charge in [-0.05, 0) is 35.9 Å². The third-order valence-corrected chi connectivity index (χ3v) is 6.46. The number of para-hydroxylation sites is 2. The normalized spacial score (nSPS) is 13.5. The Kier molecular flexibility index (Phi) is 6.50. The minimum absolute atomic E-state index is 0.0127. The first-order chi connectivity index (χ1) is 17.9. The van der Waals surface area contributed by atoms with Gasteiger partial charge in [-0.3, -0.25) is 24.3 Å². The molecule has 1 aliphatic rings. The van der Waals surface area contributed by atoms with E-state index in [1.54, 1.807) is 29.6 Å². The lowest BCUT2D eigenvalue weighted by Crippen LogP contribution is -2.48. The number of benzene rings is 2. The van der Waals surface area contributed by atoms with Gasteiger partial charge in [0.15, 0.2) is 0 Å². The average molecular weight is 500 g/mol. The summed E-state index contributed by atoms with van der Waals surface area (Å²) < 4.78 is 1.89. The van der Waals surface area contributed by atoms with Gasteiger partial charge in [0.2, 0.25) is 5.91 Å². The molecule has 0 atom stereocenters. The van der Waals surface area contributed by atoms with Crippen molar-refractivity contribution in [1.82, 2.24) is 24.8 Å². The molecular formula is C26H25N7O4. The minimum Gasteiger partial charge on any atom is -0.362 e. The second-order valence-electron chi connectivity index (χ2n) is 8.76. The van der Waals surface area contributed by atoms with Crippen LogP contribution in [0.5, 0.6) is 0 Å². The van der Waals surface area contributed by atoms with Gasteiger partial charge in [-0.15, -0.1) is 0 Å². The van der Waals surface area contributed by atoms with E-state index in [0.29, 0.717) is 37.7 Å². The molecule has 0 spiro atoms. The van der Waals surface area contributed by atoms with Crippen LogP contribution in [-0.2, 0) is 11.3 Å². The summed E-state index contributed by atoms with van der Waals surface area (Å²) in [7, 11) is 0. The van der Waals surface area contributed by atoms with Crippen LogP contribution in [0.3, 0.4) is 0 Å². The van der Waals surface area contributed by atoms with Crippen LogP contribution >= 0.6 is 0 Å². The van der Waals surface area contributed by atoms with Crippen LogP contribution in [0.4, 0.5) is 11.4 Å². The van der Waals surface area contributed by atoms with Gasteiger partial charge in [-0.1, -0.05) is 18.2 Å². The van der Waals surface area contributed by atoms with Crippen molar-refractivity contribution < 1.29 is 14.5 Å². The van der Waals surface area contributed by atoms with Crippen LogP contribution in [-0.4, -0.2) is 62.4 Å². The van der Waals surface area contributed by atoms with E-state index in [1.165, 1.54) is 13.0 Å². The van der Waals surface area contributed by atoms with Crippen molar-refractivity contribution in [2.24, 2.45) is 0 Å². The van der Waals surface area contributed by atoms with E-state index in [0.717, 1.165) is 16.6 Å². The van der Waals surface area contributed by atoms with Crippen molar-refractivity contribution in [1.29, 1.82) is 0 Å². The number of hydrogen-bond acceptors (Lipinski definition) is 7. The van der Waals surface area contributed by atoms with E-state index >= 15 is 0 Å². The van der Waals surface area contributed by atoms with Gasteiger partial charge >= 0.3 is 0 Å². The van der Waals surface area contributed by atoms with Crippen molar-refractivity contribution in [3.8, 4) is 5.82 Å². The molecule has 2 aromatic carbocycles. The Hall–Kier alpha value is -4.80. The molecule has 11 nitrogen and oxygen atoms in total. The number of nitrogens with one attached hydrogen (secondary N) is 1. The zero-order valence-electron chi connectivity index (χ0n) is 20.2. The summed E-state index contributed by atoms with van der Waals surface area (Å²) in [6.07, 6.45) is 3.39. The molecule has 0 saturated carbocycles. The smallest absolute Gasteiger partial charge is 0.293 e. The van der Waals surface area contributed by atoms with Crippen molar-refractivity contribution >= 4 is 34.2 Å². The molecule has 0 bridgehead atoms. The largest absolute Gasteiger partial charge is 0.362 e. The van der Waals surface area contributed by atoms with Crippen LogP contribution in [0.25, 0.3) is 16.9 Å². The number of fused-ring (bicyclic) bond motifs is 1. The summed E-state index contributed by atoms with van der Waals surface area (Å²) in [6.45, 7) is 3.71. The van der Waals surface area contributed by atoms with Crippen molar-refractivity contribution in [3.05, 3.63) is 88.4 Å². The van der Waals surface area contributed by atoms with Crippen LogP contribution in [0, 0.1) is 10.1 Å². The SMILES string of the molecule is CC(=O)N1CCN(c2ccc(C(=O)NCc3ccc(-n4cnc5ccccc54)nc3)cc2[N+](=O)[O-])CC1. The Bertz CT molecular complexity index is 1470. The zero-order chi connectivity index (χ0) is 25.9. The summed E-state index contributed by atoms with van der Waals surface area (Å²) in [5, 5.41) is 14.6. The zero-order valence-corrected chi connectivity index (χ0v) is 20.2. The van der Waals surface area contributed by atoms with Gasteiger partial charge < -0.3 is 15.1 Å². The summed E-state index contributed by atoms with van der Waals surface area (Å²) in [5.74, 6) is 0.279. The number of amides is 2. The second-order valence-corrected chi connectivity index (χ2v) is 8.76. The molecule has 1 aliphatic heterocycles. The van der Waals surface area contributed by atoms with Crippen LogP contribution in [0.1, 0.15) is 22.8 Å². The first-order valence-corrected chi connectivity index (χ1v) is 11.9. The molecule has 2 amide bonds. The molecule has 188 valence electrons. The minimum atomic E-state index is -0.480. The van der Waals surface area contributed by atoms with E-state index in [2.05, 4.69) is 15.3 Å². The third kappa shape index (κ3) is 4.96. The second kappa shape index (κ2) is 10.1. The summed E-state index contributed by atoms with van der Waals surface area (Å²) in [4.78, 5) is 48.1. The van der Waals surface area contributed by atoms with Gasteiger partial charge in [0.05, 0.1) is 16.0 Å². The number of hydrogen-bond donors (Lipinski definition) is 1. The molecule has 37 heavy (non-hydrogen) atoms. The van der Waals surface area contributed by atoms with E-state index in [4.69, 9.17) is 0 Å². The first-order valence-electron chi connectivity index (χ1n) is 11.9. The molecule has 3 heterocycles. The van der Waals surface area contributed by atoms with Crippen LogP contribution < -0.4 is 10.2 Å². The number of nitro groups is 1. The van der Waals surface area contributed by atoms with Gasteiger partial charge in [0.1, 0.15) is 17.8 Å². The number of nitrogens with zero attached hydrogens (tertiary/aromatic N) is 6. The van der Waals surface area contributed by atoms with Gasteiger partial charge in [-0.2, -0.15) is 0 Å². The fraction of sp³-hybridized carbons (Fsp3) is 0.231. The Morgan fingerprint density at radius 3 is 2.51 bits per heavy atom. The number of carbonyl (C=O) groups excluding carboxylic acids is 2. The summed E-state index contributed by atoms with van der Waals surface area (Å²) in [5.41, 5.74) is 3.11. The summed E-state index contributed by atoms with van der Waals surface area (Å²) in [6, 6.07) is 16.0. The molecule has 5 rings (SSSR count). The number of imidazole rings is 1. The quantitative estimate of drug-likeness (QED) is 0.319. The lowest BCUT2D eigenvalue weighted by Gasteiger charge is -2.35. The number of anilines is 1. The monoisotopic (exact) mass is 499 g/mol. The number of carbonyl (C=O) groups is 2. The highest BCUT2D eigenvalue weighted by Crippen LogP contribution is 2.30. The first kappa shape index (κ1) is 23.9. The number of pyridine rings is 1. The van der Waals surface area contributed by atoms with Gasteiger partial charge in [0, 0.05) is 57.5 Å². The molecule has 11 heteroatoms. The summed E-state index contributed by atoms with van der Waals surface area (Å²) >= 11 is 0. The van der Waals surface area contributed by atoms with E-state index in [1.807, 2.05) is 45.9 Å². The molecule has 1 N–H and O–H groups in total. The Morgan fingerprint density at radius 1 is 1.03 bits per heavy atom. The number of nitro benzene ring substituents is 1. The average Bonchev–Trinajstić information content (AvgIpc) is 3.36. The molecule has 0 radical (unpaired) electrons. The molecule has 1 fully saturated rings. The maximum absolute atomic E-state index is 12.8. The van der Waals surface area contributed by atoms with Crippen molar-refractivity contribution in [2.75, 3.05) is 31.1 Å². The highest BCUT2D eigenvalue weighted by atomic mass is 16.6. The van der Waals surface area contributed by atoms with Crippen LogP contribution in [0.2, 0.25) is 0 Å². The highest BCUT2D eigenvalue weighted by Gasteiger charge is 2.26. The fourth-order valence-electron chi connectivity index (χ4n) is 4.43. The van der Waals surface area contributed by atoms with Gasteiger partial charge in [0.25, 0.3) is 11.6 Å². The number of piperazine rings is 1. The van der Waals surface area contributed by atoms with E-state index in [-0.39, 0.29) is 23.7 Å². The lowest BCUT2D eigenvalue weighted by molar-refractivity contribution is -0.384. The van der Waals surface area contributed by atoms with Crippen molar-refractivity contribution in [3.63, 3.8) is 0 Å². The molecule has 4 aromatic rings. The maximum Gasteiger partial charge on any atom is 0.293 e. The molecule has 1 saturated heterocycles. The van der Waals surface area contributed by atoms with E-state index < -0.39 is 10.8 Å². The molecular weight excluding hydrogens is 474 g/mol. The Balaban J connectivity index is 1.25. The Morgan fingerprint density at radius 2 is 1.81 bits per heavy atom.